The molecule has 2 amide bonds. The molecule has 0 aliphatic carbocycles. The molecule has 8 heteroatoms. The maximum absolute atomic E-state index is 12.0. The highest BCUT2D eigenvalue weighted by molar-refractivity contribution is 7.91. The van der Waals surface area contributed by atoms with Crippen molar-refractivity contribution < 1.29 is 23.1 Å². The van der Waals surface area contributed by atoms with Crippen LogP contribution in [0, 0.1) is 11.8 Å². The summed E-state index contributed by atoms with van der Waals surface area (Å²) in [6, 6.07) is -0.291. The Kier molecular flexibility index (Phi) is 4.52. The zero-order valence-electron chi connectivity index (χ0n) is 11.2. The fourth-order valence-corrected chi connectivity index (χ4v) is 4.60. The Bertz CT molecular complexity index is 490. The van der Waals surface area contributed by atoms with Gasteiger partial charge in [0, 0.05) is 19.6 Å². The van der Waals surface area contributed by atoms with Gasteiger partial charge in [0.15, 0.2) is 9.84 Å². The Balaban J connectivity index is 1.79. The summed E-state index contributed by atoms with van der Waals surface area (Å²) >= 11 is 0. The van der Waals surface area contributed by atoms with Crippen LogP contribution in [0.4, 0.5) is 4.79 Å². The monoisotopic (exact) mass is 304 g/mol. The third kappa shape index (κ3) is 3.84. The van der Waals surface area contributed by atoms with E-state index in [1.165, 1.54) is 4.90 Å². The minimum atomic E-state index is -2.93. The lowest BCUT2D eigenvalue weighted by atomic mass is 9.99. The average molecular weight is 304 g/mol. The van der Waals surface area contributed by atoms with Crippen LogP contribution >= 0.6 is 0 Å². The maximum atomic E-state index is 12.0. The largest absolute Gasteiger partial charge is 0.481 e. The lowest BCUT2D eigenvalue weighted by molar-refractivity contribution is -0.143. The molecule has 2 aliphatic heterocycles. The number of hydrogen-bond acceptors (Lipinski definition) is 4. The van der Waals surface area contributed by atoms with E-state index in [2.05, 4.69) is 5.32 Å². The fraction of sp³-hybridized carbons (Fsp3) is 0.833. The Morgan fingerprint density at radius 3 is 2.65 bits per heavy atom. The van der Waals surface area contributed by atoms with Gasteiger partial charge in [-0.25, -0.2) is 13.2 Å². The van der Waals surface area contributed by atoms with E-state index in [0.29, 0.717) is 32.4 Å². The van der Waals surface area contributed by atoms with Gasteiger partial charge in [-0.3, -0.25) is 4.79 Å². The summed E-state index contributed by atoms with van der Waals surface area (Å²) in [5, 5.41) is 11.7. The molecular formula is C12H20N2O5S. The zero-order valence-corrected chi connectivity index (χ0v) is 12.1. The Morgan fingerprint density at radius 2 is 2.05 bits per heavy atom. The Labute approximate surface area is 118 Å². The van der Waals surface area contributed by atoms with E-state index in [0.717, 1.165) is 0 Å². The third-order valence-electron chi connectivity index (χ3n) is 3.93. The highest BCUT2D eigenvalue weighted by atomic mass is 32.2. The van der Waals surface area contributed by atoms with Crippen molar-refractivity contribution in [3.63, 3.8) is 0 Å². The molecule has 7 nitrogen and oxygen atoms in total. The molecule has 114 valence electrons. The highest BCUT2D eigenvalue weighted by Gasteiger charge is 2.30. The van der Waals surface area contributed by atoms with Crippen LogP contribution in [0.25, 0.3) is 0 Å². The van der Waals surface area contributed by atoms with E-state index in [9.17, 15) is 18.0 Å². The number of likely N-dealkylation sites (tertiary alicyclic amines) is 1. The van der Waals surface area contributed by atoms with Crippen molar-refractivity contribution in [3.8, 4) is 0 Å². The predicted molar refractivity (Wildman–Crippen MR) is 72.1 cm³/mol. The van der Waals surface area contributed by atoms with Crippen molar-refractivity contribution in [1.29, 1.82) is 0 Å². The summed E-state index contributed by atoms with van der Waals surface area (Å²) in [5.41, 5.74) is 0. The summed E-state index contributed by atoms with van der Waals surface area (Å²) in [5.74, 6) is -1.07. The topological polar surface area (TPSA) is 104 Å². The average Bonchev–Trinajstić information content (AvgIpc) is 2.75. The molecule has 20 heavy (non-hydrogen) atoms. The van der Waals surface area contributed by atoms with Crippen molar-refractivity contribution in [1.82, 2.24) is 10.2 Å². The maximum Gasteiger partial charge on any atom is 0.317 e. The number of hydrogen-bond donors (Lipinski definition) is 2. The van der Waals surface area contributed by atoms with Crippen LogP contribution in [0.15, 0.2) is 0 Å². The van der Waals surface area contributed by atoms with Crippen LogP contribution in [0.1, 0.15) is 19.3 Å². The molecule has 0 aromatic carbocycles. The summed E-state index contributed by atoms with van der Waals surface area (Å²) in [4.78, 5) is 24.4. The number of nitrogens with one attached hydrogen (secondary N) is 1. The van der Waals surface area contributed by atoms with E-state index in [1.807, 2.05) is 0 Å². The van der Waals surface area contributed by atoms with Crippen molar-refractivity contribution in [2.45, 2.75) is 19.3 Å². The van der Waals surface area contributed by atoms with Gasteiger partial charge in [-0.2, -0.15) is 0 Å². The molecule has 2 atom stereocenters. The second kappa shape index (κ2) is 5.99. The molecule has 0 bridgehead atoms. The number of carboxylic acids is 1. The van der Waals surface area contributed by atoms with Crippen molar-refractivity contribution in [2.24, 2.45) is 11.8 Å². The molecule has 0 saturated carbocycles. The minimum Gasteiger partial charge on any atom is -0.481 e. The van der Waals surface area contributed by atoms with Gasteiger partial charge in [0.05, 0.1) is 17.4 Å². The number of carbonyl (C=O) groups excluding carboxylic acids is 1. The second-order valence-corrected chi connectivity index (χ2v) is 7.81. The van der Waals surface area contributed by atoms with Crippen LogP contribution in [-0.4, -0.2) is 61.6 Å². The van der Waals surface area contributed by atoms with Crippen molar-refractivity contribution in [2.75, 3.05) is 31.1 Å². The number of aliphatic carboxylic acids is 1. The molecule has 0 aromatic rings. The molecule has 2 heterocycles. The van der Waals surface area contributed by atoms with Crippen LogP contribution in [0.5, 0.6) is 0 Å². The normalized spacial score (nSPS) is 29.1. The molecule has 2 fully saturated rings. The number of piperidine rings is 1. The second-order valence-electron chi connectivity index (χ2n) is 5.58. The van der Waals surface area contributed by atoms with Gasteiger partial charge in [0.1, 0.15) is 0 Å². The van der Waals surface area contributed by atoms with Gasteiger partial charge in [-0.15, -0.1) is 0 Å². The first-order chi connectivity index (χ1) is 9.37. The number of amides is 2. The van der Waals surface area contributed by atoms with Gasteiger partial charge in [-0.05, 0) is 25.2 Å². The number of nitrogens with zero attached hydrogens (tertiary/aromatic N) is 1. The lowest BCUT2D eigenvalue weighted by Gasteiger charge is -2.31. The Hall–Kier alpha value is -1.31. The molecule has 0 aromatic heterocycles. The van der Waals surface area contributed by atoms with Crippen LogP contribution in [-0.2, 0) is 14.6 Å². The van der Waals surface area contributed by atoms with Crippen molar-refractivity contribution in [3.05, 3.63) is 0 Å². The molecule has 2 aliphatic rings. The number of carboxylic acid groups (broad SMARTS) is 1. The minimum absolute atomic E-state index is 0.0241. The van der Waals surface area contributed by atoms with Crippen LogP contribution < -0.4 is 5.32 Å². The zero-order chi connectivity index (χ0) is 14.8. The standard InChI is InChI=1S/C12H20N2O5S/c15-11(16)10-2-1-4-14(7-10)12(17)13-6-9-3-5-20(18,19)8-9/h9-10H,1-8H2,(H,13,17)(H,15,16). The number of urea groups is 1. The van der Waals surface area contributed by atoms with E-state index >= 15 is 0 Å². The highest BCUT2D eigenvalue weighted by Crippen LogP contribution is 2.19. The van der Waals surface area contributed by atoms with Crippen LogP contribution in [0.2, 0.25) is 0 Å². The summed E-state index contributed by atoms with van der Waals surface area (Å²) in [7, 11) is -2.93. The predicted octanol–water partition coefficient (Wildman–Crippen LogP) is -0.0727. The lowest BCUT2D eigenvalue weighted by Crippen LogP contribution is -2.48. The number of rotatable bonds is 3. The van der Waals surface area contributed by atoms with E-state index < -0.39 is 21.7 Å². The molecule has 0 radical (unpaired) electrons. The van der Waals surface area contributed by atoms with E-state index in [-0.39, 0.29) is 30.0 Å². The Morgan fingerprint density at radius 1 is 1.30 bits per heavy atom. The molecule has 0 spiro atoms. The SMILES string of the molecule is O=C(O)C1CCCN(C(=O)NCC2CCS(=O)(=O)C2)C1. The first-order valence-electron chi connectivity index (χ1n) is 6.83. The quantitative estimate of drug-likeness (QED) is 0.759. The van der Waals surface area contributed by atoms with Crippen molar-refractivity contribution >= 4 is 21.8 Å². The number of carbonyl (C=O) groups is 2. The fourth-order valence-electron chi connectivity index (χ4n) is 2.74. The molecular weight excluding hydrogens is 284 g/mol. The molecule has 2 rings (SSSR count). The molecule has 2 unspecified atom stereocenters. The van der Waals surface area contributed by atoms with Gasteiger partial charge in [0.2, 0.25) is 0 Å². The summed E-state index contributed by atoms with van der Waals surface area (Å²) in [6.45, 7) is 1.12. The molecule has 2 saturated heterocycles. The number of sulfone groups is 1. The van der Waals surface area contributed by atoms with Gasteiger partial charge in [-0.1, -0.05) is 0 Å². The van der Waals surface area contributed by atoms with Gasteiger partial charge >= 0.3 is 12.0 Å². The van der Waals surface area contributed by atoms with E-state index in [4.69, 9.17) is 5.11 Å². The van der Waals surface area contributed by atoms with Gasteiger partial charge in [0.25, 0.3) is 0 Å². The van der Waals surface area contributed by atoms with Gasteiger partial charge < -0.3 is 15.3 Å². The van der Waals surface area contributed by atoms with E-state index in [1.54, 1.807) is 0 Å². The summed E-state index contributed by atoms with van der Waals surface area (Å²) < 4.78 is 22.6. The smallest absolute Gasteiger partial charge is 0.317 e. The third-order valence-corrected chi connectivity index (χ3v) is 5.76. The van der Waals surface area contributed by atoms with Crippen LogP contribution in [0.3, 0.4) is 0 Å². The first kappa shape index (κ1) is 15.1. The summed E-state index contributed by atoms with van der Waals surface area (Å²) in [6.07, 6.45) is 1.86. The first-order valence-corrected chi connectivity index (χ1v) is 8.65. The molecule has 2 N–H and O–H groups in total.